The highest BCUT2D eigenvalue weighted by molar-refractivity contribution is 6.15. The quantitative estimate of drug-likeness (QED) is 0.184. The van der Waals surface area contributed by atoms with Crippen LogP contribution in [-0.2, 0) is 0 Å². The van der Waals surface area contributed by atoms with Gasteiger partial charge in [0.2, 0.25) is 0 Å². The standard InChI is InChI=1S/C48H29FN2/c49-30-20-22-32(23-21-30)51-45-19-7-6-13-37(45)43-28-34(25-27-46(43)51)50(31-10-2-1-3-11-31)33-24-26-36-40-16-9-17-41-42-18-8-15-39(48(42)44(36)29-33)35-12-4-5-14-38(35)47(40)41/h1-29H. The molecule has 1 heterocycles. The first-order chi connectivity index (χ1) is 25.2. The first kappa shape index (κ1) is 28.2. The monoisotopic (exact) mass is 652 g/mol. The molecule has 0 saturated heterocycles. The summed E-state index contributed by atoms with van der Waals surface area (Å²) in [6, 6.07) is 61.9. The molecule has 9 aromatic rings. The van der Waals surface area contributed by atoms with Gasteiger partial charge in [-0.2, -0.15) is 0 Å². The van der Waals surface area contributed by atoms with Crippen LogP contribution in [0.1, 0.15) is 0 Å². The third kappa shape index (κ3) is 4.03. The molecule has 0 aliphatic heterocycles. The van der Waals surface area contributed by atoms with Gasteiger partial charge in [-0.25, -0.2) is 4.39 Å². The molecule has 1 aromatic heterocycles. The predicted octanol–water partition coefficient (Wildman–Crippen LogP) is 13.4. The maximum atomic E-state index is 14.0. The van der Waals surface area contributed by atoms with Crippen LogP contribution in [0.2, 0.25) is 0 Å². The Labute approximate surface area is 294 Å². The van der Waals surface area contributed by atoms with Gasteiger partial charge in [-0.15, -0.1) is 0 Å². The van der Waals surface area contributed by atoms with Crippen molar-refractivity contribution in [2.24, 2.45) is 0 Å². The van der Waals surface area contributed by atoms with E-state index in [1.165, 1.54) is 67.8 Å². The molecule has 0 N–H and O–H groups in total. The van der Waals surface area contributed by atoms with Crippen molar-refractivity contribution in [3.05, 3.63) is 182 Å². The molecule has 0 radical (unpaired) electrons. The van der Waals surface area contributed by atoms with E-state index in [0.717, 1.165) is 44.6 Å². The van der Waals surface area contributed by atoms with Crippen molar-refractivity contribution in [3.8, 4) is 61.3 Å². The van der Waals surface area contributed by atoms with E-state index in [0.29, 0.717) is 0 Å². The minimum absolute atomic E-state index is 0.241. The van der Waals surface area contributed by atoms with E-state index in [1.807, 2.05) is 12.1 Å². The van der Waals surface area contributed by atoms with E-state index in [9.17, 15) is 4.39 Å². The van der Waals surface area contributed by atoms with Gasteiger partial charge in [0, 0.05) is 33.5 Å². The number of nitrogens with zero attached hydrogens (tertiary/aromatic N) is 2. The van der Waals surface area contributed by atoms with Crippen molar-refractivity contribution in [1.29, 1.82) is 0 Å². The zero-order valence-corrected chi connectivity index (χ0v) is 27.5. The Hall–Kier alpha value is -6.71. The molecule has 0 atom stereocenters. The zero-order chi connectivity index (χ0) is 33.6. The third-order valence-electron chi connectivity index (χ3n) is 10.7. The second kappa shape index (κ2) is 10.6. The SMILES string of the molecule is Fc1ccc(-n2c3ccccc3c3cc(N(c4ccccc4)c4ccc5c(c4)-c4c6cccc4-c4cccc-5c4-c4ccccc4-6)ccc32)cc1. The fourth-order valence-electron chi connectivity index (χ4n) is 8.62. The molecule has 2 nitrogen and oxygen atoms in total. The molecule has 238 valence electrons. The van der Waals surface area contributed by atoms with Crippen molar-refractivity contribution in [2.75, 3.05) is 4.90 Å². The number of para-hydroxylation sites is 2. The van der Waals surface area contributed by atoms with Gasteiger partial charge in [-0.1, -0.05) is 103 Å². The summed E-state index contributed by atoms with van der Waals surface area (Å²) in [5.74, 6) is -0.241. The molecule has 2 aliphatic rings. The van der Waals surface area contributed by atoms with Crippen molar-refractivity contribution in [2.45, 2.75) is 0 Å². The number of halogens is 1. The Kier molecular flexibility index (Phi) is 5.88. The summed E-state index contributed by atoms with van der Waals surface area (Å²) in [6.45, 7) is 0. The molecule has 3 heteroatoms. The van der Waals surface area contributed by atoms with Crippen LogP contribution in [-0.4, -0.2) is 4.57 Å². The van der Waals surface area contributed by atoms with Crippen molar-refractivity contribution in [1.82, 2.24) is 4.57 Å². The lowest BCUT2D eigenvalue weighted by atomic mass is 9.83. The lowest BCUT2D eigenvalue weighted by Gasteiger charge is -2.28. The van der Waals surface area contributed by atoms with Crippen LogP contribution in [0.3, 0.4) is 0 Å². The van der Waals surface area contributed by atoms with Crippen LogP contribution in [0.25, 0.3) is 83.1 Å². The van der Waals surface area contributed by atoms with Crippen molar-refractivity contribution < 1.29 is 4.39 Å². The predicted molar refractivity (Wildman–Crippen MR) is 210 cm³/mol. The summed E-state index contributed by atoms with van der Waals surface area (Å²) in [7, 11) is 0. The van der Waals surface area contributed by atoms with Crippen LogP contribution >= 0.6 is 0 Å². The third-order valence-corrected chi connectivity index (χ3v) is 10.7. The van der Waals surface area contributed by atoms with Crippen LogP contribution in [0.15, 0.2) is 176 Å². The number of rotatable bonds is 4. The molecule has 0 fully saturated rings. The average Bonchev–Trinajstić information content (AvgIpc) is 3.46. The summed E-state index contributed by atoms with van der Waals surface area (Å²) in [4.78, 5) is 2.37. The highest BCUT2D eigenvalue weighted by Gasteiger charge is 2.31. The number of fused-ring (bicyclic) bond motifs is 7. The summed E-state index contributed by atoms with van der Waals surface area (Å²) >= 11 is 0. The molecular formula is C48H29FN2. The molecule has 2 aliphatic carbocycles. The lowest BCUT2D eigenvalue weighted by molar-refractivity contribution is 0.627. The number of benzene rings is 8. The molecule has 0 amide bonds. The topological polar surface area (TPSA) is 8.17 Å². The summed E-state index contributed by atoms with van der Waals surface area (Å²) in [5.41, 5.74) is 19.1. The fraction of sp³-hybridized carbons (Fsp3) is 0. The summed E-state index contributed by atoms with van der Waals surface area (Å²) < 4.78 is 16.2. The molecule has 8 aromatic carbocycles. The van der Waals surface area contributed by atoms with Gasteiger partial charge in [-0.3, -0.25) is 0 Å². The maximum absolute atomic E-state index is 14.0. The largest absolute Gasteiger partial charge is 0.310 e. The minimum Gasteiger partial charge on any atom is -0.310 e. The highest BCUT2D eigenvalue weighted by Crippen LogP contribution is 2.57. The molecular weight excluding hydrogens is 624 g/mol. The Bertz CT molecular complexity index is 2840. The molecule has 0 spiro atoms. The fourth-order valence-corrected chi connectivity index (χ4v) is 8.62. The summed E-state index contributed by atoms with van der Waals surface area (Å²) in [6.07, 6.45) is 0. The first-order valence-electron chi connectivity index (χ1n) is 17.4. The lowest BCUT2D eigenvalue weighted by Crippen LogP contribution is -2.10. The Morgan fingerprint density at radius 2 is 0.902 bits per heavy atom. The number of aromatic nitrogens is 1. The number of hydrogen-bond acceptors (Lipinski definition) is 1. The van der Waals surface area contributed by atoms with Crippen LogP contribution in [0.4, 0.5) is 21.5 Å². The molecule has 11 rings (SSSR count). The van der Waals surface area contributed by atoms with Crippen LogP contribution in [0, 0.1) is 5.82 Å². The smallest absolute Gasteiger partial charge is 0.123 e. The molecule has 6 bridgehead atoms. The highest BCUT2D eigenvalue weighted by atomic mass is 19.1. The Morgan fingerprint density at radius 1 is 0.353 bits per heavy atom. The normalized spacial score (nSPS) is 12.0. The van der Waals surface area contributed by atoms with Crippen molar-refractivity contribution in [3.63, 3.8) is 0 Å². The average molecular weight is 653 g/mol. The van der Waals surface area contributed by atoms with Crippen LogP contribution < -0.4 is 4.90 Å². The van der Waals surface area contributed by atoms with E-state index < -0.39 is 0 Å². The van der Waals surface area contributed by atoms with Gasteiger partial charge >= 0.3 is 0 Å². The van der Waals surface area contributed by atoms with Gasteiger partial charge in [0.15, 0.2) is 0 Å². The number of hydrogen-bond donors (Lipinski definition) is 0. The van der Waals surface area contributed by atoms with E-state index in [4.69, 9.17) is 0 Å². The van der Waals surface area contributed by atoms with Gasteiger partial charge in [0.1, 0.15) is 5.82 Å². The molecule has 0 unspecified atom stereocenters. The molecule has 0 saturated carbocycles. The van der Waals surface area contributed by atoms with Crippen molar-refractivity contribution >= 4 is 38.9 Å². The van der Waals surface area contributed by atoms with Crippen LogP contribution in [0.5, 0.6) is 0 Å². The number of anilines is 3. The second-order valence-electron chi connectivity index (χ2n) is 13.4. The summed E-state index contributed by atoms with van der Waals surface area (Å²) in [5, 5.41) is 2.29. The second-order valence-corrected chi connectivity index (χ2v) is 13.4. The Morgan fingerprint density at radius 3 is 1.67 bits per heavy atom. The van der Waals surface area contributed by atoms with Gasteiger partial charge < -0.3 is 9.47 Å². The first-order valence-corrected chi connectivity index (χ1v) is 17.4. The maximum Gasteiger partial charge on any atom is 0.123 e. The van der Waals surface area contributed by atoms with E-state index in [-0.39, 0.29) is 5.82 Å². The van der Waals surface area contributed by atoms with Gasteiger partial charge in [0.05, 0.1) is 11.0 Å². The Balaban J connectivity index is 1.16. The zero-order valence-electron chi connectivity index (χ0n) is 27.5. The van der Waals surface area contributed by atoms with Gasteiger partial charge in [0.25, 0.3) is 0 Å². The van der Waals surface area contributed by atoms with E-state index in [2.05, 4.69) is 161 Å². The van der Waals surface area contributed by atoms with E-state index >= 15 is 0 Å². The minimum atomic E-state index is -0.241. The van der Waals surface area contributed by atoms with E-state index in [1.54, 1.807) is 0 Å². The molecule has 51 heavy (non-hydrogen) atoms. The van der Waals surface area contributed by atoms with Gasteiger partial charge in [-0.05, 0) is 128 Å².